The molecule has 0 aromatic carbocycles. The molecule has 2 aliphatic rings. The van der Waals surface area contributed by atoms with Gasteiger partial charge in [-0.2, -0.15) is 0 Å². The first-order valence-electron chi connectivity index (χ1n) is 5.56. The summed E-state index contributed by atoms with van der Waals surface area (Å²) in [6.45, 7) is 6.58. The van der Waals surface area contributed by atoms with Crippen LogP contribution in [0.4, 0.5) is 0 Å². The Morgan fingerprint density at radius 3 is 1.92 bits per heavy atom. The molecule has 2 fully saturated rings. The maximum atomic E-state index is 12.1. The van der Waals surface area contributed by atoms with Crippen molar-refractivity contribution in [3.05, 3.63) is 0 Å². The number of hydrogen-bond donors (Lipinski definition) is 0. The van der Waals surface area contributed by atoms with Crippen LogP contribution in [0.5, 0.6) is 0 Å². The van der Waals surface area contributed by atoms with Crippen molar-refractivity contribution >= 4 is 13.5 Å². The Hall–Kier alpha value is -0.113. The van der Waals surface area contributed by atoms with Crippen molar-refractivity contribution in [2.45, 2.75) is 45.3 Å². The van der Waals surface area contributed by atoms with Gasteiger partial charge >= 0.3 is 0 Å². The number of hydrogen-bond acceptors (Lipinski definition) is 1. The van der Waals surface area contributed by atoms with Crippen molar-refractivity contribution in [1.29, 1.82) is 0 Å². The first-order valence-corrected chi connectivity index (χ1v) is 9.06. The molecular formula is C11H20OSi. The third kappa shape index (κ3) is 1.61. The van der Waals surface area contributed by atoms with Crippen LogP contribution in [0.1, 0.15) is 25.7 Å². The van der Waals surface area contributed by atoms with E-state index >= 15 is 0 Å². The van der Waals surface area contributed by atoms with Crippen LogP contribution >= 0.6 is 0 Å². The molecule has 0 radical (unpaired) electrons. The highest BCUT2D eigenvalue weighted by Gasteiger charge is 2.56. The molecule has 0 aromatic heterocycles. The van der Waals surface area contributed by atoms with Crippen LogP contribution in [0.25, 0.3) is 0 Å². The molecule has 0 aliphatic heterocycles. The van der Waals surface area contributed by atoms with Crippen LogP contribution in [0, 0.1) is 17.8 Å². The van der Waals surface area contributed by atoms with Gasteiger partial charge in [-0.1, -0.05) is 32.5 Å². The fourth-order valence-electron chi connectivity index (χ4n) is 2.88. The van der Waals surface area contributed by atoms with E-state index in [1.807, 2.05) is 0 Å². The van der Waals surface area contributed by atoms with Gasteiger partial charge in [0.15, 0.2) is 0 Å². The molecule has 0 amide bonds. The summed E-state index contributed by atoms with van der Waals surface area (Å²) in [4.78, 5) is 12.1. The van der Waals surface area contributed by atoms with Crippen LogP contribution < -0.4 is 0 Å². The number of carbonyl (C=O) groups is 1. The van der Waals surface area contributed by atoms with Crippen molar-refractivity contribution in [3.63, 3.8) is 0 Å². The van der Waals surface area contributed by atoms with E-state index in [1.54, 1.807) is 0 Å². The van der Waals surface area contributed by atoms with Gasteiger partial charge in [0.25, 0.3) is 0 Å². The van der Waals surface area contributed by atoms with Gasteiger partial charge in [0, 0.05) is 5.92 Å². The van der Waals surface area contributed by atoms with Gasteiger partial charge in [0.05, 0.1) is 0 Å². The molecule has 13 heavy (non-hydrogen) atoms. The molecule has 2 unspecified atom stereocenters. The SMILES string of the molecule is C[Si](C)(C)C(=O)C1C2CCCC[C@@H]21. The van der Waals surface area contributed by atoms with Crippen LogP contribution in [-0.2, 0) is 4.79 Å². The summed E-state index contributed by atoms with van der Waals surface area (Å²) < 4.78 is 0. The fourth-order valence-corrected chi connectivity index (χ4v) is 4.31. The first kappa shape index (κ1) is 9.44. The van der Waals surface area contributed by atoms with Crippen LogP contribution in [0.3, 0.4) is 0 Å². The van der Waals surface area contributed by atoms with E-state index in [1.165, 1.54) is 25.7 Å². The van der Waals surface area contributed by atoms with E-state index in [0.717, 1.165) is 11.8 Å². The largest absolute Gasteiger partial charge is 0.305 e. The van der Waals surface area contributed by atoms with Gasteiger partial charge in [-0.15, -0.1) is 0 Å². The average molecular weight is 196 g/mol. The Bertz CT molecular complexity index is 217. The zero-order valence-electron chi connectivity index (χ0n) is 8.97. The lowest BCUT2D eigenvalue weighted by atomic mass is 10.0. The third-order valence-corrected chi connectivity index (χ3v) is 5.51. The first-order chi connectivity index (χ1) is 6.02. The van der Waals surface area contributed by atoms with Crippen molar-refractivity contribution in [3.8, 4) is 0 Å². The normalized spacial score (nSPS) is 38.2. The predicted molar refractivity (Wildman–Crippen MR) is 57.3 cm³/mol. The Balaban J connectivity index is 2.01. The lowest BCUT2D eigenvalue weighted by molar-refractivity contribution is -0.114. The molecule has 0 saturated heterocycles. The molecule has 1 nitrogen and oxygen atoms in total. The van der Waals surface area contributed by atoms with Crippen molar-refractivity contribution < 1.29 is 4.79 Å². The van der Waals surface area contributed by atoms with E-state index in [4.69, 9.17) is 0 Å². The smallest absolute Gasteiger partial charge is 0.124 e. The molecule has 0 aromatic rings. The third-order valence-electron chi connectivity index (χ3n) is 3.70. The second-order valence-corrected chi connectivity index (χ2v) is 10.7. The molecule has 2 heteroatoms. The van der Waals surface area contributed by atoms with Gasteiger partial charge in [0.1, 0.15) is 13.5 Å². The minimum Gasteiger partial charge on any atom is -0.305 e. The highest BCUT2D eigenvalue weighted by molar-refractivity contribution is 7.03. The van der Waals surface area contributed by atoms with Gasteiger partial charge in [0.2, 0.25) is 0 Å². The second kappa shape index (κ2) is 2.94. The summed E-state index contributed by atoms with van der Waals surface area (Å²) in [5.74, 6) is 2.13. The van der Waals surface area contributed by atoms with Gasteiger partial charge in [-0.25, -0.2) is 0 Å². The molecular weight excluding hydrogens is 176 g/mol. The van der Waals surface area contributed by atoms with E-state index in [-0.39, 0.29) is 0 Å². The van der Waals surface area contributed by atoms with E-state index in [0.29, 0.717) is 11.3 Å². The molecule has 0 heterocycles. The van der Waals surface area contributed by atoms with E-state index in [2.05, 4.69) is 19.6 Å². The number of fused-ring (bicyclic) bond motifs is 1. The Labute approximate surface area is 81.9 Å². The molecule has 2 saturated carbocycles. The maximum absolute atomic E-state index is 12.1. The summed E-state index contributed by atoms with van der Waals surface area (Å²) in [6, 6.07) is 0. The lowest BCUT2D eigenvalue weighted by Crippen LogP contribution is -2.35. The molecule has 74 valence electrons. The zero-order chi connectivity index (χ0) is 9.64. The maximum Gasteiger partial charge on any atom is 0.124 e. The highest BCUT2D eigenvalue weighted by atomic mass is 28.3. The summed E-state index contributed by atoms with van der Waals surface area (Å²) >= 11 is 0. The Kier molecular flexibility index (Phi) is 2.14. The van der Waals surface area contributed by atoms with E-state index in [9.17, 15) is 4.79 Å². The quantitative estimate of drug-likeness (QED) is 0.621. The van der Waals surface area contributed by atoms with Crippen LogP contribution in [-0.4, -0.2) is 13.5 Å². The topological polar surface area (TPSA) is 17.1 Å². The summed E-state index contributed by atoms with van der Waals surface area (Å²) in [5.41, 5.74) is 0. The minimum atomic E-state index is -1.49. The summed E-state index contributed by atoms with van der Waals surface area (Å²) in [5, 5.41) is 0.657. The van der Waals surface area contributed by atoms with E-state index < -0.39 is 8.07 Å². The zero-order valence-corrected chi connectivity index (χ0v) is 9.97. The molecule has 2 aliphatic carbocycles. The van der Waals surface area contributed by atoms with Crippen LogP contribution in [0.2, 0.25) is 19.6 Å². The van der Waals surface area contributed by atoms with Gasteiger partial charge < -0.3 is 4.79 Å². The number of carbonyl (C=O) groups excluding carboxylic acids is 1. The van der Waals surface area contributed by atoms with Crippen molar-refractivity contribution in [2.24, 2.45) is 17.8 Å². The Morgan fingerprint density at radius 2 is 1.54 bits per heavy atom. The molecule has 0 spiro atoms. The predicted octanol–water partition coefficient (Wildman–Crippen LogP) is 2.87. The summed E-state index contributed by atoms with van der Waals surface area (Å²) in [6.07, 6.45) is 5.42. The molecule has 0 bridgehead atoms. The highest BCUT2D eigenvalue weighted by Crippen LogP contribution is 2.56. The number of rotatable bonds is 2. The van der Waals surface area contributed by atoms with Crippen LogP contribution in [0.15, 0.2) is 0 Å². The van der Waals surface area contributed by atoms with Crippen molar-refractivity contribution in [1.82, 2.24) is 0 Å². The average Bonchev–Trinajstić information content (AvgIpc) is 2.75. The Morgan fingerprint density at radius 1 is 1.08 bits per heavy atom. The minimum absolute atomic E-state index is 0.508. The van der Waals surface area contributed by atoms with Crippen molar-refractivity contribution in [2.75, 3.05) is 0 Å². The molecule has 0 N–H and O–H groups in total. The monoisotopic (exact) mass is 196 g/mol. The second-order valence-electron chi connectivity index (χ2n) is 5.75. The lowest BCUT2D eigenvalue weighted by Gasteiger charge is -2.13. The summed E-state index contributed by atoms with van der Waals surface area (Å²) in [7, 11) is -1.49. The standard InChI is InChI=1S/C11H20OSi/c1-13(2,3)11(12)10-8-6-4-5-7-9(8)10/h8-10H,4-7H2,1-3H3/t8-,9?,10?/m0/s1. The van der Waals surface area contributed by atoms with Gasteiger partial charge in [-0.05, 0) is 24.7 Å². The fraction of sp³-hybridized carbons (Fsp3) is 0.909. The van der Waals surface area contributed by atoms with Gasteiger partial charge in [-0.3, -0.25) is 0 Å². The molecule has 2 rings (SSSR count). The molecule has 3 atom stereocenters.